The first-order valence-corrected chi connectivity index (χ1v) is 8.35. The van der Waals surface area contributed by atoms with Gasteiger partial charge in [-0.15, -0.1) is 0 Å². The van der Waals surface area contributed by atoms with Crippen molar-refractivity contribution in [1.82, 2.24) is 14.7 Å². The number of hydrogen-bond acceptors (Lipinski definition) is 3. The number of ether oxygens (including phenoxy) is 1. The zero-order valence-electron chi connectivity index (χ0n) is 12.8. The van der Waals surface area contributed by atoms with Crippen molar-refractivity contribution in [3.8, 4) is 0 Å². The number of rotatable bonds is 2. The van der Waals surface area contributed by atoms with Gasteiger partial charge in [-0.2, -0.15) is 5.10 Å². The van der Waals surface area contributed by atoms with Gasteiger partial charge in [-0.3, -0.25) is 4.68 Å². The molecule has 0 aromatic carbocycles. The SMILES string of the molecule is CC(C)(C)OC(=O)N1CCC(n2cc(Br)c(C3CC3)n2)C1. The zero-order chi connectivity index (χ0) is 15.2. The molecule has 1 unspecified atom stereocenters. The van der Waals surface area contributed by atoms with E-state index in [1.54, 1.807) is 4.90 Å². The highest BCUT2D eigenvalue weighted by Gasteiger charge is 2.33. The molecule has 1 saturated heterocycles. The number of nitrogens with zero attached hydrogens (tertiary/aromatic N) is 3. The molecule has 0 radical (unpaired) electrons. The Bertz CT molecular complexity index is 546. The first kappa shape index (κ1) is 14.9. The van der Waals surface area contributed by atoms with Crippen LogP contribution < -0.4 is 0 Å². The lowest BCUT2D eigenvalue weighted by molar-refractivity contribution is 0.0288. The van der Waals surface area contributed by atoms with Crippen LogP contribution in [0.25, 0.3) is 0 Å². The second-order valence-corrected chi connectivity index (χ2v) is 7.84. The summed E-state index contributed by atoms with van der Waals surface area (Å²) in [5.74, 6) is 0.629. The minimum absolute atomic E-state index is 0.223. The number of carbonyl (C=O) groups excluding carboxylic acids is 1. The fourth-order valence-electron chi connectivity index (χ4n) is 2.65. The van der Waals surface area contributed by atoms with Crippen LogP contribution in [0.1, 0.15) is 57.7 Å². The van der Waals surface area contributed by atoms with Crippen LogP contribution in [0.3, 0.4) is 0 Å². The quantitative estimate of drug-likeness (QED) is 0.812. The van der Waals surface area contributed by atoms with Crippen LogP contribution >= 0.6 is 15.9 Å². The number of likely N-dealkylation sites (tertiary alicyclic amines) is 1. The fourth-order valence-corrected chi connectivity index (χ4v) is 3.27. The van der Waals surface area contributed by atoms with Crippen molar-refractivity contribution in [1.29, 1.82) is 0 Å². The van der Waals surface area contributed by atoms with E-state index in [1.165, 1.54) is 18.5 Å². The standard InChI is InChI=1S/C15H22BrN3O2/c1-15(2,3)21-14(20)18-7-6-11(8-18)19-9-12(16)13(17-19)10-4-5-10/h9-11H,4-8H2,1-3H3. The highest BCUT2D eigenvalue weighted by Crippen LogP contribution is 2.42. The van der Waals surface area contributed by atoms with Crippen molar-refractivity contribution in [2.24, 2.45) is 0 Å². The Balaban J connectivity index is 1.64. The van der Waals surface area contributed by atoms with E-state index in [4.69, 9.17) is 9.84 Å². The maximum absolute atomic E-state index is 12.1. The van der Waals surface area contributed by atoms with Crippen LogP contribution in [-0.4, -0.2) is 39.5 Å². The van der Waals surface area contributed by atoms with E-state index in [1.807, 2.05) is 25.5 Å². The highest BCUT2D eigenvalue weighted by atomic mass is 79.9. The molecule has 2 heterocycles. The summed E-state index contributed by atoms with van der Waals surface area (Å²) in [6.07, 6.45) is 5.24. The predicted molar refractivity (Wildman–Crippen MR) is 83.4 cm³/mol. The van der Waals surface area contributed by atoms with Crippen molar-refractivity contribution < 1.29 is 9.53 Å². The number of amides is 1. The summed E-state index contributed by atoms with van der Waals surface area (Å²) in [5.41, 5.74) is 0.731. The van der Waals surface area contributed by atoms with E-state index >= 15 is 0 Å². The summed E-state index contributed by atoms with van der Waals surface area (Å²) < 4.78 is 8.54. The van der Waals surface area contributed by atoms with Crippen LogP contribution in [-0.2, 0) is 4.74 Å². The van der Waals surface area contributed by atoms with Gasteiger partial charge in [0.05, 0.1) is 16.2 Å². The average Bonchev–Trinajstić information content (AvgIpc) is 2.95. The van der Waals surface area contributed by atoms with Gasteiger partial charge >= 0.3 is 6.09 Å². The Labute approximate surface area is 133 Å². The smallest absolute Gasteiger partial charge is 0.410 e. The number of aromatic nitrogens is 2. The summed E-state index contributed by atoms with van der Waals surface area (Å²) >= 11 is 3.60. The van der Waals surface area contributed by atoms with Crippen LogP contribution in [0.15, 0.2) is 10.7 Å². The van der Waals surface area contributed by atoms with Crippen molar-refractivity contribution in [3.63, 3.8) is 0 Å². The fraction of sp³-hybridized carbons (Fsp3) is 0.733. The molecule has 2 aliphatic rings. The van der Waals surface area contributed by atoms with Crippen LogP contribution in [0.5, 0.6) is 0 Å². The molecular formula is C15H22BrN3O2. The predicted octanol–water partition coefficient (Wildman–Crippen LogP) is 3.70. The lowest BCUT2D eigenvalue weighted by Crippen LogP contribution is -2.35. The third-order valence-corrected chi connectivity index (χ3v) is 4.48. The van der Waals surface area contributed by atoms with E-state index < -0.39 is 5.60 Å². The van der Waals surface area contributed by atoms with Crippen molar-refractivity contribution in [2.75, 3.05) is 13.1 Å². The first-order chi connectivity index (χ1) is 9.83. The Morgan fingerprint density at radius 1 is 1.38 bits per heavy atom. The van der Waals surface area contributed by atoms with Gasteiger partial charge in [0.1, 0.15) is 5.60 Å². The first-order valence-electron chi connectivity index (χ1n) is 7.56. The van der Waals surface area contributed by atoms with Gasteiger partial charge in [-0.05, 0) is 56.0 Å². The molecule has 1 saturated carbocycles. The molecule has 1 aliphatic carbocycles. The molecule has 116 valence electrons. The molecular weight excluding hydrogens is 334 g/mol. The summed E-state index contributed by atoms with van der Waals surface area (Å²) in [6, 6.07) is 0.251. The lowest BCUT2D eigenvalue weighted by Gasteiger charge is -2.24. The number of carbonyl (C=O) groups is 1. The monoisotopic (exact) mass is 355 g/mol. The molecule has 0 N–H and O–H groups in total. The molecule has 0 bridgehead atoms. The molecule has 3 rings (SSSR count). The molecule has 2 fully saturated rings. The lowest BCUT2D eigenvalue weighted by atomic mass is 10.2. The highest BCUT2D eigenvalue weighted by molar-refractivity contribution is 9.10. The second kappa shape index (κ2) is 5.30. The van der Waals surface area contributed by atoms with Crippen molar-refractivity contribution >= 4 is 22.0 Å². The van der Waals surface area contributed by atoms with Gasteiger partial charge in [-0.1, -0.05) is 0 Å². The van der Waals surface area contributed by atoms with Gasteiger partial charge in [0.2, 0.25) is 0 Å². The minimum Gasteiger partial charge on any atom is -0.444 e. The Morgan fingerprint density at radius 2 is 2.10 bits per heavy atom. The molecule has 5 nitrogen and oxygen atoms in total. The zero-order valence-corrected chi connectivity index (χ0v) is 14.4. The van der Waals surface area contributed by atoms with Gasteiger partial charge < -0.3 is 9.64 Å². The largest absolute Gasteiger partial charge is 0.444 e. The molecule has 21 heavy (non-hydrogen) atoms. The van der Waals surface area contributed by atoms with E-state index in [-0.39, 0.29) is 12.1 Å². The van der Waals surface area contributed by atoms with E-state index in [2.05, 4.69) is 22.1 Å². The third-order valence-electron chi connectivity index (χ3n) is 3.87. The molecule has 1 aromatic rings. The summed E-state index contributed by atoms with van der Waals surface area (Å²) in [5, 5.41) is 4.71. The molecule has 6 heteroatoms. The van der Waals surface area contributed by atoms with Gasteiger partial charge in [0.25, 0.3) is 0 Å². The maximum atomic E-state index is 12.1. The molecule has 0 spiro atoms. The third kappa shape index (κ3) is 3.42. The van der Waals surface area contributed by atoms with Crippen LogP contribution in [0.2, 0.25) is 0 Å². The Morgan fingerprint density at radius 3 is 2.71 bits per heavy atom. The van der Waals surface area contributed by atoms with Crippen LogP contribution in [0.4, 0.5) is 4.79 Å². The average molecular weight is 356 g/mol. The van der Waals surface area contributed by atoms with Crippen LogP contribution in [0, 0.1) is 0 Å². The molecule has 1 aliphatic heterocycles. The van der Waals surface area contributed by atoms with E-state index in [0.717, 1.165) is 17.4 Å². The van der Waals surface area contributed by atoms with Gasteiger partial charge in [0, 0.05) is 25.2 Å². The maximum Gasteiger partial charge on any atom is 0.410 e. The van der Waals surface area contributed by atoms with E-state index in [9.17, 15) is 4.79 Å². The van der Waals surface area contributed by atoms with Crippen molar-refractivity contribution in [2.45, 2.75) is 57.6 Å². The summed E-state index contributed by atoms with van der Waals surface area (Å²) in [4.78, 5) is 13.9. The van der Waals surface area contributed by atoms with Crippen molar-refractivity contribution in [3.05, 3.63) is 16.4 Å². The molecule has 1 amide bonds. The topological polar surface area (TPSA) is 47.4 Å². The summed E-state index contributed by atoms with van der Waals surface area (Å²) in [7, 11) is 0. The molecule has 1 aromatic heterocycles. The normalized spacial score (nSPS) is 22.7. The Hall–Kier alpha value is -1.04. The van der Waals surface area contributed by atoms with Gasteiger partial charge in [0.15, 0.2) is 0 Å². The number of hydrogen-bond donors (Lipinski definition) is 0. The molecule has 1 atom stereocenters. The second-order valence-electron chi connectivity index (χ2n) is 6.99. The Kier molecular flexibility index (Phi) is 3.76. The van der Waals surface area contributed by atoms with Gasteiger partial charge in [-0.25, -0.2) is 4.79 Å². The number of halogens is 1. The van der Waals surface area contributed by atoms with E-state index in [0.29, 0.717) is 12.5 Å². The minimum atomic E-state index is -0.441. The summed E-state index contributed by atoms with van der Waals surface area (Å²) in [6.45, 7) is 7.09.